The van der Waals surface area contributed by atoms with Gasteiger partial charge in [-0.25, -0.2) is 14.6 Å². The summed E-state index contributed by atoms with van der Waals surface area (Å²) in [6.45, 7) is 3.60. The second kappa shape index (κ2) is 12.8. The van der Waals surface area contributed by atoms with Crippen molar-refractivity contribution >= 4 is 17.5 Å². The van der Waals surface area contributed by atoms with Gasteiger partial charge < -0.3 is 24.8 Å². The summed E-state index contributed by atoms with van der Waals surface area (Å²) in [5.41, 5.74) is 3.06. The molecular formula is C28H29N9O4. The number of tetrazole rings is 1. The predicted molar refractivity (Wildman–Crippen MR) is 148 cm³/mol. The lowest BCUT2D eigenvalue weighted by atomic mass is 10.1. The molecule has 1 fully saturated rings. The molecule has 5 rings (SSSR count). The van der Waals surface area contributed by atoms with Crippen LogP contribution in [0.4, 0.5) is 11.6 Å². The number of carbonyl (C=O) groups is 1. The summed E-state index contributed by atoms with van der Waals surface area (Å²) in [5, 5.41) is 26.8. The Morgan fingerprint density at radius 3 is 2.66 bits per heavy atom. The lowest BCUT2D eigenvalue weighted by molar-refractivity contribution is 0.0696. The molecule has 1 amide bonds. The maximum Gasteiger partial charge on any atom is 0.251 e. The van der Waals surface area contributed by atoms with Crippen LogP contribution in [-0.2, 0) is 11.3 Å². The Kier molecular flexibility index (Phi) is 8.61. The average Bonchev–Trinajstić information content (AvgIpc) is 3.51. The molecule has 1 atom stereocenters. The normalized spacial score (nSPS) is 14.1. The van der Waals surface area contributed by atoms with Gasteiger partial charge in [0.25, 0.3) is 5.91 Å². The van der Waals surface area contributed by atoms with E-state index < -0.39 is 0 Å². The number of methoxy groups -OCH3 is 1. The largest absolute Gasteiger partial charge is 0.495 e. The standard InChI is InChI=1S/C28H29N9O4/c1-18(16-37-17-32-35-36-37)41-25-11-19(3-4-21(25)13-29)22-14-30-28(31-15-22)34-24-6-5-20(12-26(24)39-2)27(38)33-23-7-9-40-10-8-23/h3-6,11-12,14-15,17-18,23H,7-10,16H2,1-2H3,(H,33,38)(H,30,31,34)/t18-/m0/s1. The number of aromatic nitrogens is 6. The molecule has 0 unspecified atom stereocenters. The average molecular weight is 556 g/mol. The molecule has 1 aliphatic rings. The molecule has 13 heteroatoms. The van der Waals surface area contributed by atoms with Crippen molar-refractivity contribution < 1.29 is 19.0 Å². The first-order valence-electron chi connectivity index (χ1n) is 13.1. The van der Waals surface area contributed by atoms with Crippen LogP contribution in [0.25, 0.3) is 11.1 Å². The highest BCUT2D eigenvalue weighted by atomic mass is 16.5. The predicted octanol–water partition coefficient (Wildman–Crippen LogP) is 3.13. The molecule has 4 aromatic rings. The number of rotatable bonds is 10. The monoisotopic (exact) mass is 555 g/mol. The van der Waals surface area contributed by atoms with Gasteiger partial charge in [0, 0.05) is 42.8 Å². The Balaban J connectivity index is 1.26. The Labute approximate surface area is 236 Å². The number of amides is 1. The van der Waals surface area contributed by atoms with E-state index in [0.29, 0.717) is 54.0 Å². The van der Waals surface area contributed by atoms with Crippen molar-refractivity contribution in [3.8, 4) is 28.7 Å². The van der Waals surface area contributed by atoms with E-state index >= 15 is 0 Å². The minimum Gasteiger partial charge on any atom is -0.495 e. The van der Waals surface area contributed by atoms with E-state index in [1.165, 1.54) is 6.33 Å². The van der Waals surface area contributed by atoms with Crippen molar-refractivity contribution in [3.05, 3.63) is 66.2 Å². The quantitative estimate of drug-likeness (QED) is 0.296. The van der Waals surface area contributed by atoms with Gasteiger partial charge >= 0.3 is 0 Å². The van der Waals surface area contributed by atoms with Crippen molar-refractivity contribution in [2.45, 2.75) is 38.5 Å². The van der Waals surface area contributed by atoms with Gasteiger partial charge in [0.15, 0.2) is 0 Å². The van der Waals surface area contributed by atoms with Gasteiger partial charge in [-0.3, -0.25) is 4.79 Å². The topological polar surface area (TPSA) is 162 Å². The molecule has 2 N–H and O–H groups in total. The number of anilines is 2. The van der Waals surface area contributed by atoms with Gasteiger partial charge in [-0.1, -0.05) is 6.07 Å². The second-order valence-electron chi connectivity index (χ2n) is 9.48. The fraction of sp³-hybridized carbons (Fsp3) is 0.321. The van der Waals surface area contributed by atoms with Crippen LogP contribution in [0.2, 0.25) is 0 Å². The number of hydrogen-bond acceptors (Lipinski definition) is 11. The van der Waals surface area contributed by atoms with Gasteiger partial charge in [0.05, 0.1) is 24.9 Å². The third-order valence-electron chi connectivity index (χ3n) is 6.52. The zero-order valence-electron chi connectivity index (χ0n) is 22.6. The van der Waals surface area contributed by atoms with Crippen molar-refractivity contribution in [1.82, 2.24) is 35.5 Å². The van der Waals surface area contributed by atoms with Crippen LogP contribution < -0.4 is 20.1 Å². The molecule has 0 spiro atoms. The molecule has 3 heterocycles. The number of hydrogen-bond donors (Lipinski definition) is 2. The van der Waals surface area contributed by atoms with Crippen molar-refractivity contribution in [3.63, 3.8) is 0 Å². The first-order chi connectivity index (χ1) is 20.0. The summed E-state index contributed by atoms with van der Waals surface area (Å²) >= 11 is 0. The fourth-order valence-corrected chi connectivity index (χ4v) is 4.38. The summed E-state index contributed by atoms with van der Waals surface area (Å²) < 4.78 is 18.5. The summed E-state index contributed by atoms with van der Waals surface area (Å²) in [5.74, 6) is 1.13. The van der Waals surface area contributed by atoms with Crippen LogP contribution >= 0.6 is 0 Å². The molecular weight excluding hydrogens is 526 g/mol. The Bertz CT molecular complexity index is 1510. The minimum atomic E-state index is -0.280. The highest BCUT2D eigenvalue weighted by molar-refractivity contribution is 5.95. The van der Waals surface area contributed by atoms with E-state index in [9.17, 15) is 10.1 Å². The number of nitrogens with one attached hydrogen (secondary N) is 2. The van der Waals surface area contributed by atoms with Gasteiger partial charge in [-0.2, -0.15) is 5.26 Å². The van der Waals surface area contributed by atoms with E-state index in [1.807, 2.05) is 13.0 Å². The van der Waals surface area contributed by atoms with E-state index in [1.54, 1.807) is 54.5 Å². The molecule has 0 radical (unpaired) electrons. The van der Waals surface area contributed by atoms with Crippen LogP contribution in [0.1, 0.15) is 35.7 Å². The van der Waals surface area contributed by atoms with Crippen LogP contribution in [0.3, 0.4) is 0 Å². The van der Waals surface area contributed by atoms with E-state index in [4.69, 9.17) is 14.2 Å². The first kappa shape index (κ1) is 27.5. The van der Waals surface area contributed by atoms with Crippen LogP contribution in [-0.4, -0.2) is 68.6 Å². The minimum absolute atomic E-state index is 0.103. The zero-order chi connectivity index (χ0) is 28.6. The van der Waals surface area contributed by atoms with Gasteiger partial charge in [-0.15, -0.1) is 5.10 Å². The number of ether oxygens (including phenoxy) is 3. The number of nitrogens with zero attached hydrogens (tertiary/aromatic N) is 7. The lowest BCUT2D eigenvalue weighted by Gasteiger charge is -2.23. The number of carbonyl (C=O) groups excluding carboxylic acids is 1. The smallest absolute Gasteiger partial charge is 0.251 e. The fourth-order valence-electron chi connectivity index (χ4n) is 4.38. The maximum absolute atomic E-state index is 12.7. The molecule has 0 saturated carbocycles. The number of nitriles is 1. The Hall–Kier alpha value is -5.09. The van der Waals surface area contributed by atoms with Gasteiger partial charge in [-0.05, 0) is 66.1 Å². The Morgan fingerprint density at radius 2 is 1.95 bits per heavy atom. The molecule has 2 aromatic carbocycles. The zero-order valence-corrected chi connectivity index (χ0v) is 22.6. The summed E-state index contributed by atoms with van der Waals surface area (Å²) in [4.78, 5) is 21.6. The molecule has 1 aliphatic heterocycles. The van der Waals surface area contributed by atoms with Gasteiger partial charge in [0.1, 0.15) is 30.0 Å². The van der Waals surface area contributed by atoms with Crippen molar-refractivity contribution in [2.24, 2.45) is 0 Å². The molecule has 0 aliphatic carbocycles. The molecule has 41 heavy (non-hydrogen) atoms. The summed E-state index contributed by atoms with van der Waals surface area (Å²) in [6, 6.07) is 12.7. The summed E-state index contributed by atoms with van der Waals surface area (Å²) in [6.07, 6.45) is 6.17. The summed E-state index contributed by atoms with van der Waals surface area (Å²) in [7, 11) is 1.54. The van der Waals surface area contributed by atoms with E-state index in [-0.39, 0.29) is 18.1 Å². The SMILES string of the molecule is COc1cc(C(=O)NC2CCOCC2)ccc1Nc1ncc(-c2ccc(C#N)c(O[C@@H](C)Cn3cnnn3)c2)cn1. The van der Waals surface area contributed by atoms with E-state index in [2.05, 4.69) is 42.2 Å². The van der Waals surface area contributed by atoms with Crippen LogP contribution in [0.15, 0.2) is 55.1 Å². The molecule has 1 saturated heterocycles. The molecule has 0 bridgehead atoms. The maximum atomic E-state index is 12.7. The lowest BCUT2D eigenvalue weighted by Crippen LogP contribution is -2.38. The Morgan fingerprint density at radius 1 is 1.15 bits per heavy atom. The third kappa shape index (κ3) is 6.92. The van der Waals surface area contributed by atoms with Crippen molar-refractivity contribution in [1.29, 1.82) is 5.26 Å². The number of benzene rings is 2. The molecule has 2 aromatic heterocycles. The third-order valence-corrected chi connectivity index (χ3v) is 6.52. The van der Waals surface area contributed by atoms with E-state index in [0.717, 1.165) is 24.0 Å². The first-order valence-corrected chi connectivity index (χ1v) is 13.1. The van der Waals surface area contributed by atoms with Crippen molar-refractivity contribution in [2.75, 3.05) is 25.6 Å². The second-order valence-corrected chi connectivity index (χ2v) is 9.48. The van der Waals surface area contributed by atoms with Gasteiger partial charge in [0.2, 0.25) is 5.95 Å². The van der Waals surface area contributed by atoms with Crippen LogP contribution in [0.5, 0.6) is 11.5 Å². The van der Waals surface area contributed by atoms with Crippen LogP contribution in [0, 0.1) is 11.3 Å². The highest BCUT2D eigenvalue weighted by Crippen LogP contribution is 2.30. The highest BCUT2D eigenvalue weighted by Gasteiger charge is 2.18. The molecule has 13 nitrogen and oxygen atoms in total. The molecule has 210 valence electrons.